The van der Waals surface area contributed by atoms with E-state index in [2.05, 4.69) is 5.32 Å². The van der Waals surface area contributed by atoms with Gasteiger partial charge < -0.3 is 19.9 Å². The topological polar surface area (TPSA) is 84.9 Å². The number of nitrogens with one attached hydrogen (secondary N) is 1. The van der Waals surface area contributed by atoms with E-state index in [4.69, 9.17) is 32.7 Å². The Morgan fingerprint density at radius 3 is 2.47 bits per heavy atom. The lowest BCUT2D eigenvalue weighted by Crippen LogP contribution is -2.42. The normalized spacial score (nSPS) is 15.3. The van der Waals surface area contributed by atoms with Gasteiger partial charge in [0.1, 0.15) is 17.5 Å². The minimum absolute atomic E-state index is 0.00989. The second-order valence-corrected chi connectivity index (χ2v) is 10.1. The molecule has 3 aromatic carbocycles. The van der Waals surface area contributed by atoms with Crippen molar-refractivity contribution in [2.24, 2.45) is 0 Å². The van der Waals surface area contributed by atoms with Crippen molar-refractivity contribution in [2.75, 3.05) is 6.61 Å². The number of fused-ring (bicyclic) bond motifs is 1. The fraction of sp³-hybridized carbons (Fsp3) is 0.286. The van der Waals surface area contributed by atoms with Crippen molar-refractivity contribution in [3.63, 3.8) is 0 Å². The van der Waals surface area contributed by atoms with Crippen molar-refractivity contribution in [3.8, 4) is 22.6 Å². The smallest absolute Gasteiger partial charge is 0.326 e. The van der Waals surface area contributed by atoms with Crippen molar-refractivity contribution < 1.29 is 33.0 Å². The first-order valence-electron chi connectivity index (χ1n) is 12.1. The highest BCUT2D eigenvalue weighted by Gasteiger charge is 2.30. The summed E-state index contributed by atoms with van der Waals surface area (Å²) in [6.07, 6.45) is 2.87. The lowest BCUT2D eigenvalue weighted by Gasteiger charge is -2.25. The fourth-order valence-electron chi connectivity index (χ4n) is 4.50. The van der Waals surface area contributed by atoms with Crippen LogP contribution in [0.3, 0.4) is 0 Å². The molecule has 2 N–H and O–H groups in total. The van der Waals surface area contributed by atoms with Gasteiger partial charge in [-0.1, -0.05) is 41.4 Å². The highest BCUT2D eigenvalue weighted by Crippen LogP contribution is 2.44. The van der Waals surface area contributed by atoms with Gasteiger partial charge >= 0.3 is 5.97 Å². The molecule has 2 aliphatic rings. The van der Waals surface area contributed by atoms with E-state index in [1.165, 1.54) is 12.1 Å². The molecule has 0 bridgehead atoms. The first-order valence-corrected chi connectivity index (χ1v) is 12.9. The number of amides is 1. The predicted molar refractivity (Wildman–Crippen MR) is 138 cm³/mol. The summed E-state index contributed by atoms with van der Waals surface area (Å²) in [5.74, 6) is -3.28. The number of rotatable bonds is 8. The molecule has 1 aliphatic heterocycles. The van der Waals surface area contributed by atoms with Gasteiger partial charge in [-0.2, -0.15) is 0 Å². The molecular weight excluding hydrogens is 539 g/mol. The van der Waals surface area contributed by atoms with E-state index in [0.29, 0.717) is 41.9 Å². The van der Waals surface area contributed by atoms with Gasteiger partial charge in [0.2, 0.25) is 0 Å². The molecule has 1 fully saturated rings. The molecule has 1 aliphatic carbocycles. The van der Waals surface area contributed by atoms with Crippen LogP contribution in [-0.2, 0) is 17.6 Å². The van der Waals surface area contributed by atoms with Crippen molar-refractivity contribution in [1.82, 2.24) is 5.32 Å². The zero-order chi connectivity index (χ0) is 27.0. The largest absolute Gasteiger partial charge is 0.493 e. The van der Waals surface area contributed by atoms with Gasteiger partial charge in [-0.15, -0.1) is 0 Å². The van der Waals surface area contributed by atoms with E-state index in [9.17, 15) is 23.5 Å². The molecular formula is C28H23Cl2F2NO5. The first-order chi connectivity index (χ1) is 18.2. The molecule has 6 nitrogen and oxygen atoms in total. The quantitative estimate of drug-likeness (QED) is 0.340. The van der Waals surface area contributed by atoms with Crippen LogP contribution in [0.15, 0.2) is 42.5 Å². The number of carboxylic acids is 1. The number of carbonyl (C=O) groups is 2. The molecule has 0 saturated heterocycles. The molecule has 1 atom stereocenters. The van der Waals surface area contributed by atoms with Crippen LogP contribution < -0.4 is 14.8 Å². The second-order valence-electron chi connectivity index (χ2n) is 9.28. The number of benzene rings is 3. The Balaban J connectivity index is 1.49. The Kier molecular flexibility index (Phi) is 7.45. The van der Waals surface area contributed by atoms with Crippen LogP contribution in [-0.4, -0.2) is 35.7 Å². The minimum Gasteiger partial charge on any atom is -0.493 e. The second kappa shape index (κ2) is 10.8. The molecule has 198 valence electrons. The predicted octanol–water partition coefficient (Wildman–Crippen LogP) is 6.23. The van der Waals surface area contributed by atoms with Crippen LogP contribution in [0, 0.1) is 11.6 Å². The molecule has 1 heterocycles. The number of ether oxygens (including phenoxy) is 2. The van der Waals surface area contributed by atoms with Gasteiger partial charge in [0.05, 0.1) is 28.3 Å². The average molecular weight is 562 g/mol. The van der Waals surface area contributed by atoms with E-state index in [1.54, 1.807) is 18.2 Å². The van der Waals surface area contributed by atoms with Crippen molar-refractivity contribution in [1.29, 1.82) is 0 Å². The van der Waals surface area contributed by atoms with Crippen molar-refractivity contribution >= 4 is 35.1 Å². The van der Waals surface area contributed by atoms with Gasteiger partial charge in [-0.25, -0.2) is 13.6 Å². The van der Waals surface area contributed by atoms with Gasteiger partial charge in [-0.05, 0) is 55.0 Å². The minimum atomic E-state index is -1.29. The summed E-state index contributed by atoms with van der Waals surface area (Å²) >= 11 is 12.2. The molecule has 5 rings (SSSR count). The third-order valence-corrected chi connectivity index (χ3v) is 7.15. The average Bonchev–Trinajstić information content (AvgIpc) is 3.70. The Bertz CT molecular complexity index is 1410. The molecule has 38 heavy (non-hydrogen) atoms. The fourth-order valence-corrected chi connectivity index (χ4v) is 5.07. The maximum absolute atomic E-state index is 14.3. The van der Waals surface area contributed by atoms with Crippen LogP contribution in [0.5, 0.6) is 11.5 Å². The summed E-state index contributed by atoms with van der Waals surface area (Å²) in [6.45, 7) is 0.413. The summed E-state index contributed by atoms with van der Waals surface area (Å²) in [4.78, 5) is 25.0. The summed E-state index contributed by atoms with van der Waals surface area (Å²) in [5.41, 5.74) is 2.26. The SMILES string of the molecule is O=C(NC(Cc1ccc(-c2cc(F)c(F)cc2OC2CC2)c2c1CCCO2)C(=O)O)c1c(Cl)cccc1Cl. The number of aliphatic carboxylic acids is 1. The van der Waals surface area contributed by atoms with E-state index < -0.39 is 29.6 Å². The molecule has 1 amide bonds. The highest BCUT2D eigenvalue weighted by atomic mass is 35.5. The van der Waals surface area contributed by atoms with E-state index in [1.807, 2.05) is 0 Å². The summed E-state index contributed by atoms with van der Waals surface area (Å²) in [7, 11) is 0. The number of hydrogen-bond acceptors (Lipinski definition) is 4. The Hall–Kier alpha value is -3.36. The van der Waals surface area contributed by atoms with E-state index in [0.717, 1.165) is 30.5 Å². The van der Waals surface area contributed by atoms with Crippen LogP contribution in [0.1, 0.15) is 40.7 Å². The number of carbonyl (C=O) groups excluding carboxylic acids is 1. The zero-order valence-corrected chi connectivity index (χ0v) is 21.5. The van der Waals surface area contributed by atoms with Crippen molar-refractivity contribution in [3.05, 3.63) is 80.8 Å². The summed E-state index contributed by atoms with van der Waals surface area (Å²) < 4.78 is 40.2. The standard InChI is InChI=1S/C28H23Cl2F2NO5/c29-19-4-1-5-20(30)25(19)27(34)33-23(28(35)36)11-14-6-9-17(26-16(14)3-2-10-37-26)18-12-21(31)22(32)13-24(18)38-15-7-8-15/h1,4-6,9,12-13,15,23H,2-3,7-8,10-11H2,(H,33,34)(H,35,36). The highest BCUT2D eigenvalue weighted by molar-refractivity contribution is 6.39. The molecule has 0 aromatic heterocycles. The Morgan fingerprint density at radius 1 is 1.08 bits per heavy atom. The monoisotopic (exact) mass is 561 g/mol. The third-order valence-electron chi connectivity index (χ3n) is 6.52. The van der Waals surface area contributed by atoms with Gasteiger partial charge in [-0.3, -0.25) is 4.79 Å². The number of halogens is 4. The molecule has 0 radical (unpaired) electrons. The maximum atomic E-state index is 14.3. The molecule has 1 unspecified atom stereocenters. The zero-order valence-electron chi connectivity index (χ0n) is 20.0. The first kappa shape index (κ1) is 26.3. The van der Waals surface area contributed by atoms with Gasteiger partial charge in [0.25, 0.3) is 5.91 Å². The molecule has 10 heteroatoms. The summed E-state index contributed by atoms with van der Waals surface area (Å²) in [6, 6.07) is 8.80. The lowest BCUT2D eigenvalue weighted by molar-refractivity contribution is -0.139. The Labute approximate surface area is 227 Å². The van der Waals surface area contributed by atoms with E-state index in [-0.39, 0.29) is 33.9 Å². The molecule has 1 saturated carbocycles. The van der Waals surface area contributed by atoms with Crippen LogP contribution in [0.4, 0.5) is 8.78 Å². The van der Waals surface area contributed by atoms with Crippen LogP contribution >= 0.6 is 23.2 Å². The number of hydrogen-bond donors (Lipinski definition) is 2. The lowest BCUT2D eigenvalue weighted by atomic mass is 9.90. The van der Waals surface area contributed by atoms with Gasteiger partial charge in [0, 0.05) is 23.6 Å². The molecule has 3 aromatic rings. The number of carboxylic acid groups (broad SMARTS) is 1. The third kappa shape index (κ3) is 5.42. The van der Waals surface area contributed by atoms with E-state index >= 15 is 0 Å². The van der Waals surface area contributed by atoms with Crippen LogP contribution in [0.25, 0.3) is 11.1 Å². The maximum Gasteiger partial charge on any atom is 0.326 e. The van der Waals surface area contributed by atoms with Crippen molar-refractivity contribution in [2.45, 2.75) is 44.2 Å². The summed E-state index contributed by atoms with van der Waals surface area (Å²) in [5, 5.41) is 12.6. The van der Waals surface area contributed by atoms with Gasteiger partial charge in [0.15, 0.2) is 11.6 Å². The van der Waals surface area contributed by atoms with Crippen LogP contribution in [0.2, 0.25) is 10.0 Å². The molecule has 0 spiro atoms. The Morgan fingerprint density at radius 2 is 1.79 bits per heavy atom.